The molecule has 0 heterocycles. The predicted molar refractivity (Wildman–Crippen MR) is 55.6 cm³/mol. The van der Waals surface area contributed by atoms with E-state index < -0.39 is 5.91 Å². The third-order valence-electron chi connectivity index (χ3n) is 1.46. The molecule has 4 N–H and O–H groups in total. The number of amides is 1. The summed E-state index contributed by atoms with van der Waals surface area (Å²) in [6.07, 6.45) is -0.116. The molecule has 8 nitrogen and oxygen atoms in total. The van der Waals surface area contributed by atoms with Gasteiger partial charge in [-0.15, -0.1) is 5.11 Å². The van der Waals surface area contributed by atoms with Crippen molar-refractivity contribution in [3.8, 4) is 0 Å². The molecule has 1 amide bonds. The van der Waals surface area contributed by atoms with Crippen LogP contribution in [0.15, 0.2) is 10.3 Å². The van der Waals surface area contributed by atoms with Crippen molar-refractivity contribution in [2.45, 2.75) is 19.8 Å². The van der Waals surface area contributed by atoms with Crippen LogP contribution in [0.5, 0.6) is 0 Å². The van der Waals surface area contributed by atoms with Gasteiger partial charge in [-0.2, -0.15) is 0 Å². The Kier molecular flexibility index (Phi) is 7.29. The number of amidine groups is 1. The number of rotatable bonds is 6. The molecule has 0 atom stereocenters. The minimum absolute atomic E-state index is 0.103. The van der Waals surface area contributed by atoms with Crippen LogP contribution in [0.4, 0.5) is 0 Å². The van der Waals surface area contributed by atoms with Gasteiger partial charge in [0.2, 0.25) is 5.91 Å². The molecular weight excluding hydrogens is 214 g/mol. The fraction of sp³-hybridized carbons (Fsp3) is 0.625. The molecule has 0 radical (unpaired) electrons. The summed E-state index contributed by atoms with van der Waals surface area (Å²) in [5, 5.41) is 15.6. The maximum atomic E-state index is 11.1. The lowest BCUT2D eigenvalue weighted by molar-refractivity contribution is -0.143. The summed E-state index contributed by atoms with van der Waals surface area (Å²) in [6.45, 7) is 2.19. The number of ether oxygens (including phenoxy) is 1. The lowest BCUT2D eigenvalue weighted by atomic mass is 10.3. The molecule has 8 heteroatoms. The minimum atomic E-state index is -0.415. The van der Waals surface area contributed by atoms with Gasteiger partial charge in [0.05, 0.1) is 19.4 Å². The molecule has 16 heavy (non-hydrogen) atoms. The molecule has 0 bridgehead atoms. The Balaban J connectivity index is 3.66. The van der Waals surface area contributed by atoms with Crippen LogP contribution in [0.25, 0.3) is 0 Å². The topological polar surface area (TPSA) is 130 Å². The van der Waals surface area contributed by atoms with Crippen LogP contribution in [0.3, 0.4) is 0 Å². The van der Waals surface area contributed by atoms with Crippen molar-refractivity contribution < 1.29 is 14.3 Å². The molecule has 0 saturated carbocycles. The van der Waals surface area contributed by atoms with Crippen molar-refractivity contribution >= 4 is 17.7 Å². The molecule has 0 fully saturated rings. The van der Waals surface area contributed by atoms with Gasteiger partial charge < -0.3 is 15.9 Å². The number of nitrogens with two attached hydrogens (primary N) is 1. The number of nitrogens with zero attached hydrogens (tertiary/aromatic N) is 2. The van der Waals surface area contributed by atoms with Gasteiger partial charge in [0.15, 0.2) is 5.84 Å². The Hall–Kier alpha value is -1.99. The minimum Gasteiger partial charge on any atom is -0.466 e. The average Bonchev–Trinajstić information content (AvgIpc) is 2.18. The summed E-state index contributed by atoms with van der Waals surface area (Å²) >= 11 is 0. The molecule has 90 valence electrons. The maximum absolute atomic E-state index is 11.1. The van der Waals surface area contributed by atoms with E-state index in [4.69, 9.17) is 11.3 Å². The van der Waals surface area contributed by atoms with Crippen LogP contribution in [0.1, 0.15) is 19.8 Å². The summed E-state index contributed by atoms with van der Waals surface area (Å²) in [7, 11) is 0. The van der Waals surface area contributed by atoms with Crippen molar-refractivity contribution in [2.24, 2.45) is 16.2 Å². The third-order valence-corrected chi connectivity index (χ3v) is 1.46. The lowest BCUT2D eigenvalue weighted by Crippen LogP contribution is -2.27. The molecule has 0 aromatic carbocycles. The monoisotopic (exact) mass is 229 g/mol. The highest BCUT2D eigenvalue weighted by Crippen LogP contribution is 1.88. The SMILES string of the molecule is CCOC(=O)CCNC(=O)CC(=N)N=NN. The molecule has 0 aliphatic carbocycles. The van der Waals surface area contributed by atoms with Crippen LogP contribution in [-0.4, -0.2) is 30.9 Å². The molecule has 0 spiro atoms. The van der Waals surface area contributed by atoms with Gasteiger partial charge in [-0.1, -0.05) is 5.22 Å². The van der Waals surface area contributed by atoms with Crippen molar-refractivity contribution in [3.05, 3.63) is 0 Å². The Labute approximate surface area is 92.7 Å². The van der Waals surface area contributed by atoms with Gasteiger partial charge in [-0.05, 0) is 6.92 Å². The Bertz CT molecular complexity index is 289. The first-order valence-electron chi connectivity index (χ1n) is 4.70. The van der Waals surface area contributed by atoms with Crippen molar-refractivity contribution in [3.63, 3.8) is 0 Å². The summed E-state index contributed by atoms with van der Waals surface area (Å²) < 4.78 is 4.66. The van der Waals surface area contributed by atoms with Gasteiger partial charge in [0.25, 0.3) is 0 Å². The van der Waals surface area contributed by atoms with E-state index in [-0.39, 0.29) is 31.2 Å². The first-order chi connectivity index (χ1) is 7.60. The first-order valence-corrected chi connectivity index (χ1v) is 4.70. The number of hydrogen-bond acceptors (Lipinski definition) is 5. The maximum Gasteiger partial charge on any atom is 0.307 e. The van der Waals surface area contributed by atoms with E-state index in [9.17, 15) is 9.59 Å². The quantitative estimate of drug-likeness (QED) is 0.145. The zero-order chi connectivity index (χ0) is 12.4. The Morgan fingerprint density at radius 2 is 2.19 bits per heavy atom. The van der Waals surface area contributed by atoms with E-state index in [0.29, 0.717) is 6.61 Å². The van der Waals surface area contributed by atoms with Gasteiger partial charge in [-0.25, -0.2) is 0 Å². The van der Waals surface area contributed by atoms with Crippen molar-refractivity contribution in [2.75, 3.05) is 13.2 Å². The highest BCUT2D eigenvalue weighted by Gasteiger charge is 2.06. The molecule has 0 saturated heterocycles. The molecule has 0 aromatic heterocycles. The average molecular weight is 229 g/mol. The van der Waals surface area contributed by atoms with E-state index in [2.05, 4.69) is 20.4 Å². The second-order valence-electron chi connectivity index (χ2n) is 2.74. The number of carbonyl (C=O) groups excluding carboxylic acids is 2. The van der Waals surface area contributed by atoms with Crippen molar-refractivity contribution in [1.82, 2.24) is 5.32 Å². The zero-order valence-electron chi connectivity index (χ0n) is 9.02. The van der Waals surface area contributed by atoms with Gasteiger partial charge in [-0.3, -0.25) is 15.0 Å². The lowest BCUT2D eigenvalue weighted by Gasteiger charge is -2.03. The Morgan fingerprint density at radius 1 is 1.50 bits per heavy atom. The Morgan fingerprint density at radius 3 is 2.75 bits per heavy atom. The highest BCUT2D eigenvalue weighted by molar-refractivity contribution is 5.98. The fourth-order valence-corrected chi connectivity index (χ4v) is 0.857. The molecule has 0 aliphatic heterocycles. The second-order valence-corrected chi connectivity index (χ2v) is 2.74. The van der Waals surface area contributed by atoms with Crippen LogP contribution in [-0.2, 0) is 14.3 Å². The van der Waals surface area contributed by atoms with Crippen LogP contribution in [0, 0.1) is 5.41 Å². The van der Waals surface area contributed by atoms with Crippen LogP contribution >= 0.6 is 0 Å². The normalized spacial score (nSPS) is 10.1. The number of carbonyl (C=O) groups is 2. The summed E-state index contributed by atoms with van der Waals surface area (Å²) in [6, 6.07) is 0. The van der Waals surface area contributed by atoms with E-state index in [1.807, 2.05) is 0 Å². The molecule has 0 unspecified atom stereocenters. The molecular formula is C8H15N5O3. The largest absolute Gasteiger partial charge is 0.466 e. The standard InChI is InChI=1S/C8H15N5O3/c1-2-16-8(15)3-4-11-7(14)5-6(9)12-13-10/h2-5H2,1H3,(H,11,14)(H3,9,10,12). The smallest absolute Gasteiger partial charge is 0.307 e. The molecule has 0 aliphatic rings. The summed E-state index contributed by atoms with van der Waals surface area (Å²) in [5.41, 5.74) is 0. The van der Waals surface area contributed by atoms with E-state index in [1.165, 1.54) is 0 Å². The van der Waals surface area contributed by atoms with Gasteiger partial charge in [0.1, 0.15) is 0 Å². The molecule has 0 aromatic rings. The highest BCUT2D eigenvalue weighted by atomic mass is 16.5. The van der Waals surface area contributed by atoms with E-state index in [1.54, 1.807) is 6.92 Å². The predicted octanol–water partition coefficient (Wildman–Crippen LogP) is -0.251. The number of esters is 1. The number of nitrogens with one attached hydrogen (secondary N) is 2. The van der Waals surface area contributed by atoms with Crippen LogP contribution in [0.2, 0.25) is 0 Å². The van der Waals surface area contributed by atoms with Crippen molar-refractivity contribution in [1.29, 1.82) is 5.41 Å². The van der Waals surface area contributed by atoms with Gasteiger partial charge >= 0.3 is 5.97 Å². The van der Waals surface area contributed by atoms with E-state index in [0.717, 1.165) is 0 Å². The number of hydrogen-bond donors (Lipinski definition) is 3. The zero-order valence-corrected chi connectivity index (χ0v) is 9.02. The fourth-order valence-electron chi connectivity index (χ4n) is 0.857. The van der Waals surface area contributed by atoms with E-state index >= 15 is 0 Å². The molecule has 0 rings (SSSR count). The second kappa shape index (κ2) is 8.33. The third kappa shape index (κ3) is 7.42. The van der Waals surface area contributed by atoms with Gasteiger partial charge in [0, 0.05) is 6.54 Å². The summed E-state index contributed by atoms with van der Waals surface area (Å²) in [4.78, 5) is 22.0. The van der Waals surface area contributed by atoms with Crippen LogP contribution < -0.4 is 11.2 Å². The first kappa shape index (κ1) is 14.0. The summed E-state index contributed by atoms with van der Waals surface area (Å²) in [5.74, 6) is 3.67.